The summed E-state index contributed by atoms with van der Waals surface area (Å²) in [7, 11) is -4.69. The Morgan fingerprint density at radius 1 is 1.52 bits per heavy atom. The van der Waals surface area contributed by atoms with Crippen LogP contribution in [0, 0.1) is 24.0 Å². The van der Waals surface area contributed by atoms with Crippen molar-refractivity contribution in [3.8, 4) is 0 Å². The average molecular weight is 390 g/mol. The topological polar surface area (TPSA) is 155 Å². The van der Waals surface area contributed by atoms with Crippen molar-refractivity contribution in [1.29, 1.82) is 0 Å². The van der Waals surface area contributed by atoms with Gasteiger partial charge in [-0.3, -0.25) is 4.52 Å². The van der Waals surface area contributed by atoms with Gasteiger partial charge in [0, 0.05) is 19.5 Å². The van der Waals surface area contributed by atoms with E-state index in [1.807, 2.05) is 17.0 Å². The maximum atomic E-state index is 11.3. The molecule has 0 spiro atoms. The maximum absolute atomic E-state index is 11.3. The van der Waals surface area contributed by atoms with Gasteiger partial charge in [-0.2, -0.15) is 9.19 Å². The number of hydrogen-bond acceptors (Lipinski definition) is 9. The first-order valence-corrected chi connectivity index (χ1v) is 9.41. The molecule has 0 amide bonds. The molecule has 0 aromatic carbocycles. The molecule has 0 aliphatic rings. The van der Waals surface area contributed by atoms with Crippen LogP contribution in [0.1, 0.15) is 22.0 Å². The van der Waals surface area contributed by atoms with Crippen molar-refractivity contribution < 1.29 is 28.3 Å². The Balaban J connectivity index is 1.99. The van der Waals surface area contributed by atoms with Crippen molar-refractivity contribution in [2.45, 2.75) is 26.8 Å². The number of hydrogen-bond donors (Lipinski definition) is 2. The molecule has 0 bridgehead atoms. The van der Waals surface area contributed by atoms with E-state index < -0.39 is 12.9 Å². The lowest BCUT2D eigenvalue weighted by atomic mass is 10.2. The molecule has 2 rings (SSSR count). The number of aromatic nitrogens is 3. The fraction of sp³-hybridized carbons (Fsp3) is 0.417. The zero-order chi connectivity index (χ0) is 18.6. The molecule has 0 saturated heterocycles. The predicted octanol–water partition coefficient (Wildman–Crippen LogP) is 0.941. The largest absolute Gasteiger partial charge is 0.503 e. The highest BCUT2D eigenvalue weighted by Gasteiger charge is 2.26. The summed E-state index contributed by atoms with van der Waals surface area (Å²) in [5.41, 5.74) is 9.45. The fourth-order valence-electron chi connectivity index (χ4n) is 2.03. The summed E-state index contributed by atoms with van der Waals surface area (Å²) in [5, 5.41) is 8.72. The Labute approximate surface area is 146 Å². The number of aryl methyl sites for hydroxylation is 1. The minimum absolute atomic E-state index is 0.196. The summed E-state index contributed by atoms with van der Waals surface area (Å²) >= 11 is 1.42. The van der Waals surface area contributed by atoms with E-state index in [-0.39, 0.29) is 6.61 Å². The minimum Gasteiger partial charge on any atom is -0.383 e. The molecule has 0 aliphatic heterocycles. The highest BCUT2D eigenvalue weighted by molar-refractivity contribution is 7.47. The molecule has 11 nitrogen and oxygen atoms in total. The Kier molecular flexibility index (Phi) is 6.01. The molecule has 25 heavy (non-hydrogen) atoms. The highest BCUT2D eigenvalue weighted by Crippen LogP contribution is 2.43. The van der Waals surface area contributed by atoms with Crippen LogP contribution in [0.2, 0.25) is 0 Å². The van der Waals surface area contributed by atoms with Gasteiger partial charge in [0.25, 0.3) is 0 Å². The fourth-order valence-corrected chi connectivity index (χ4v) is 3.54. The lowest BCUT2D eigenvalue weighted by Gasteiger charge is -2.07. The van der Waals surface area contributed by atoms with E-state index in [1.54, 1.807) is 13.1 Å². The van der Waals surface area contributed by atoms with Gasteiger partial charge in [-0.15, -0.1) is 10.1 Å². The van der Waals surface area contributed by atoms with E-state index in [2.05, 4.69) is 19.1 Å². The third-order valence-electron chi connectivity index (χ3n) is 3.27. The van der Waals surface area contributed by atoms with Crippen molar-refractivity contribution in [2.75, 3.05) is 12.3 Å². The molecule has 13 heteroatoms. The average Bonchev–Trinajstić information content (AvgIpc) is 2.81. The van der Waals surface area contributed by atoms with Crippen molar-refractivity contribution in [3.05, 3.63) is 43.8 Å². The molecule has 1 unspecified atom stereocenters. The van der Waals surface area contributed by atoms with Gasteiger partial charge >= 0.3 is 12.9 Å². The van der Waals surface area contributed by atoms with E-state index in [9.17, 15) is 14.7 Å². The standard InChI is InChI=1S/C12H16N5O6PS/c1-8-11(3-4-22-24(20,21)23-17(18)19)25-7-16(8)6-10-5-14-9(2)15-12(10)13/h5,7H,3-4,6H2,1-2H3,(H2-,13,14,15,20,21)/p+1. The molecule has 136 valence electrons. The third kappa shape index (κ3) is 5.43. The second-order valence-corrected chi connectivity index (χ2v) is 7.34. The normalized spacial score (nSPS) is 13.4. The van der Waals surface area contributed by atoms with Gasteiger partial charge in [0.2, 0.25) is 5.51 Å². The Bertz CT molecular complexity index is 828. The first-order chi connectivity index (χ1) is 11.7. The molecule has 0 radical (unpaired) electrons. The van der Waals surface area contributed by atoms with Crippen LogP contribution in [-0.4, -0.2) is 26.6 Å². The summed E-state index contributed by atoms with van der Waals surface area (Å²) < 4.78 is 21.3. The molecular formula is C12H17N5O6PS+. The zero-order valence-electron chi connectivity index (χ0n) is 13.5. The number of thiazole rings is 1. The van der Waals surface area contributed by atoms with Crippen molar-refractivity contribution in [2.24, 2.45) is 0 Å². The van der Waals surface area contributed by atoms with Crippen molar-refractivity contribution >= 4 is 25.0 Å². The number of nitrogens with two attached hydrogens (primary N) is 1. The summed E-state index contributed by atoms with van der Waals surface area (Å²) in [4.78, 5) is 28.3. The number of nitrogens with zero attached hydrogens (tertiary/aromatic N) is 4. The molecule has 2 aromatic heterocycles. The number of phosphoric ester groups is 1. The van der Waals surface area contributed by atoms with E-state index in [1.165, 1.54) is 11.3 Å². The zero-order valence-corrected chi connectivity index (χ0v) is 15.2. The number of nitrogen functional groups attached to an aromatic ring is 1. The van der Waals surface area contributed by atoms with E-state index in [0.29, 0.717) is 24.6 Å². The van der Waals surface area contributed by atoms with Gasteiger partial charge in [0.15, 0.2) is 12.2 Å². The Morgan fingerprint density at radius 2 is 2.24 bits per heavy atom. The third-order valence-corrected chi connectivity index (χ3v) is 5.26. The van der Waals surface area contributed by atoms with Crippen LogP contribution in [0.25, 0.3) is 0 Å². The molecular weight excluding hydrogens is 373 g/mol. The quantitative estimate of drug-likeness (QED) is 0.290. The van der Waals surface area contributed by atoms with Crippen molar-refractivity contribution in [1.82, 2.24) is 9.97 Å². The number of rotatable bonds is 8. The van der Waals surface area contributed by atoms with Crippen molar-refractivity contribution in [3.63, 3.8) is 0 Å². The first kappa shape index (κ1) is 19.2. The second kappa shape index (κ2) is 7.83. The van der Waals surface area contributed by atoms with Crippen LogP contribution in [-0.2, 0) is 26.7 Å². The van der Waals surface area contributed by atoms with Gasteiger partial charge in [0.1, 0.15) is 11.6 Å². The van der Waals surface area contributed by atoms with Gasteiger partial charge in [-0.05, 0) is 6.92 Å². The monoisotopic (exact) mass is 390 g/mol. The second-order valence-electron chi connectivity index (χ2n) is 5.04. The summed E-state index contributed by atoms with van der Waals surface area (Å²) in [6, 6.07) is 0. The SMILES string of the molecule is Cc1ncc(C[n+]2csc(CCOP(=O)(O)O[N+](=O)[O-])c2C)c(N)n1. The van der Waals surface area contributed by atoms with Gasteiger partial charge in [-0.1, -0.05) is 11.3 Å². The molecule has 0 fully saturated rings. The van der Waals surface area contributed by atoms with Crippen LogP contribution < -0.4 is 10.3 Å². The number of phosphoric acid groups is 1. The van der Waals surface area contributed by atoms with Gasteiger partial charge in [0.05, 0.1) is 17.0 Å². The highest BCUT2D eigenvalue weighted by atomic mass is 32.1. The smallest absolute Gasteiger partial charge is 0.383 e. The molecule has 2 heterocycles. The van der Waals surface area contributed by atoms with E-state index >= 15 is 0 Å². The molecule has 2 aromatic rings. The molecule has 3 N–H and O–H groups in total. The molecule has 1 atom stereocenters. The molecule has 0 saturated carbocycles. The van der Waals surface area contributed by atoms with Crippen LogP contribution in [0.4, 0.5) is 5.82 Å². The first-order valence-electron chi connectivity index (χ1n) is 7.04. The minimum atomic E-state index is -4.69. The number of anilines is 1. The summed E-state index contributed by atoms with van der Waals surface area (Å²) in [6.45, 7) is 3.92. The van der Waals surface area contributed by atoms with Crippen LogP contribution in [0.5, 0.6) is 0 Å². The lowest BCUT2D eigenvalue weighted by molar-refractivity contribution is -0.718. The maximum Gasteiger partial charge on any atom is 0.503 e. The van der Waals surface area contributed by atoms with Gasteiger partial charge in [-0.25, -0.2) is 14.5 Å². The van der Waals surface area contributed by atoms with E-state index in [0.717, 1.165) is 16.1 Å². The van der Waals surface area contributed by atoms with Crippen LogP contribution >= 0.6 is 19.2 Å². The Morgan fingerprint density at radius 3 is 2.88 bits per heavy atom. The summed E-state index contributed by atoms with van der Waals surface area (Å²) in [5.74, 6) is 1.00. The lowest BCUT2D eigenvalue weighted by Crippen LogP contribution is -2.35. The van der Waals surface area contributed by atoms with Crippen LogP contribution in [0.3, 0.4) is 0 Å². The van der Waals surface area contributed by atoms with Crippen LogP contribution in [0.15, 0.2) is 11.7 Å². The van der Waals surface area contributed by atoms with E-state index in [4.69, 9.17) is 10.6 Å². The predicted molar refractivity (Wildman–Crippen MR) is 87.1 cm³/mol. The Hall–Kier alpha value is -2.14. The van der Waals surface area contributed by atoms with Gasteiger partial charge < -0.3 is 10.6 Å². The molecule has 0 aliphatic carbocycles. The summed E-state index contributed by atoms with van der Waals surface area (Å²) in [6.07, 6.45) is 1.97.